The zero-order valence-corrected chi connectivity index (χ0v) is 16.4. The molecule has 3 rings (SSSR count). The molecule has 1 aliphatic heterocycles. The van der Waals surface area contributed by atoms with Gasteiger partial charge in [0.2, 0.25) is 5.95 Å². The molecule has 2 aromatic heterocycles. The summed E-state index contributed by atoms with van der Waals surface area (Å²) in [6.45, 7) is 9.01. The average molecular weight is 395 g/mol. The fourth-order valence-electron chi connectivity index (χ4n) is 3.62. The Morgan fingerprint density at radius 1 is 1.17 bits per heavy atom. The second kappa shape index (κ2) is 6.15. The van der Waals surface area contributed by atoms with Crippen LogP contribution in [0.15, 0.2) is 28.2 Å². The predicted molar refractivity (Wildman–Crippen MR) is 101 cm³/mol. The zero-order chi connectivity index (χ0) is 16.7. The highest BCUT2D eigenvalue weighted by atomic mass is 79.9. The second-order valence-corrected chi connectivity index (χ2v) is 9.97. The van der Waals surface area contributed by atoms with Crippen LogP contribution in [0.1, 0.15) is 40.5 Å². The number of anilines is 1. The third-order valence-corrected chi connectivity index (χ3v) is 5.65. The van der Waals surface area contributed by atoms with Gasteiger partial charge in [-0.15, -0.1) is 11.3 Å². The van der Waals surface area contributed by atoms with Gasteiger partial charge in [-0.05, 0) is 74.7 Å². The predicted octanol–water partition coefficient (Wildman–Crippen LogP) is 4.69. The van der Waals surface area contributed by atoms with E-state index in [1.165, 1.54) is 0 Å². The van der Waals surface area contributed by atoms with Gasteiger partial charge in [-0.1, -0.05) is 0 Å². The molecule has 0 saturated carbocycles. The number of aromatic nitrogens is 2. The number of hydrogen-bond acceptors (Lipinski definition) is 5. The van der Waals surface area contributed by atoms with Crippen LogP contribution in [0.5, 0.6) is 0 Å². The van der Waals surface area contributed by atoms with E-state index in [1.54, 1.807) is 11.3 Å². The Kier molecular flexibility index (Phi) is 4.51. The molecule has 1 saturated heterocycles. The lowest BCUT2D eigenvalue weighted by Gasteiger charge is -2.46. The lowest BCUT2D eigenvalue weighted by atomic mass is 9.80. The van der Waals surface area contributed by atoms with Crippen LogP contribution >= 0.6 is 27.3 Å². The molecule has 2 N–H and O–H groups in total. The normalized spacial score (nSPS) is 20.4. The van der Waals surface area contributed by atoms with Crippen LogP contribution in [0.2, 0.25) is 0 Å². The minimum Gasteiger partial charge on any atom is -0.351 e. The van der Waals surface area contributed by atoms with Crippen molar-refractivity contribution < 1.29 is 0 Å². The standard InChI is InChI=1S/C17H23BrN4S/c1-16(2)9-11(10-17(3,4)22-16)20-15-19-8-7-12(21-15)13-5-6-14(18)23-13/h5-8,11,22H,9-10H2,1-4H3,(H,19,20,21). The van der Waals surface area contributed by atoms with Crippen LogP contribution in [0.3, 0.4) is 0 Å². The molecule has 0 aromatic carbocycles. The van der Waals surface area contributed by atoms with E-state index in [0.29, 0.717) is 12.0 Å². The Morgan fingerprint density at radius 3 is 2.48 bits per heavy atom. The van der Waals surface area contributed by atoms with E-state index >= 15 is 0 Å². The van der Waals surface area contributed by atoms with Crippen LogP contribution < -0.4 is 10.6 Å². The van der Waals surface area contributed by atoms with Crippen LogP contribution in [0, 0.1) is 0 Å². The fraction of sp³-hybridized carbons (Fsp3) is 0.529. The maximum Gasteiger partial charge on any atom is 0.223 e. The average Bonchev–Trinajstić information content (AvgIpc) is 2.82. The third kappa shape index (κ3) is 4.31. The Morgan fingerprint density at radius 2 is 1.87 bits per heavy atom. The highest BCUT2D eigenvalue weighted by Crippen LogP contribution is 2.32. The molecule has 0 unspecified atom stereocenters. The molecule has 4 nitrogen and oxygen atoms in total. The topological polar surface area (TPSA) is 49.8 Å². The van der Waals surface area contributed by atoms with Gasteiger partial charge in [0.05, 0.1) is 14.4 Å². The van der Waals surface area contributed by atoms with Gasteiger partial charge in [-0.25, -0.2) is 9.97 Å². The molecule has 0 radical (unpaired) electrons. The van der Waals surface area contributed by atoms with Crippen molar-refractivity contribution in [1.82, 2.24) is 15.3 Å². The zero-order valence-electron chi connectivity index (χ0n) is 14.0. The van der Waals surface area contributed by atoms with Crippen LogP contribution in [-0.2, 0) is 0 Å². The summed E-state index contributed by atoms with van der Waals surface area (Å²) in [5.41, 5.74) is 1.18. The molecule has 3 heterocycles. The summed E-state index contributed by atoms with van der Waals surface area (Å²) in [6, 6.07) is 6.45. The lowest BCUT2D eigenvalue weighted by molar-refractivity contribution is 0.170. The van der Waals surface area contributed by atoms with Gasteiger partial charge in [0.1, 0.15) is 0 Å². The largest absolute Gasteiger partial charge is 0.351 e. The highest BCUT2D eigenvalue weighted by Gasteiger charge is 2.37. The van der Waals surface area contributed by atoms with Gasteiger partial charge in [0.15, 0.2) is 0 Å². The highest BCUT2D eigenvalue weighted by molar-refractivity contribution is 9.11. The van der Waals surface area contributed by atoms with Gasteiger partial charge in [-0.2, -0.15) is 0 Å². The lowest BCUT2D eigenvalue weighted by Crippen LogP contribution is -2.60. The maximum atomic E-state index is 4.69. The molecule has 1 aliphatic rings. The SMILES string of the molecule is CC1(C)CC(Nc2nccc(-c3ccc(Br)s3)n2)CC(C)(C)N1. The number of halogens is 1. The summed E-state index contributed by atoms with van der Waals surface area (Å²) in [6.07, 6.45) is 3.93. The van der Waals surface area contributed by atoms with Crippen molar-refractivity contribution in [3.05, 3.63) is 28.2 Å². The number of nitrogens with one attached hydrogen (secondary N) is 2. The van der Waals surface area contributed by atoms with Gasteiger partial charge in [-0.3, -0.25) is 0 Å². The van der Waals surface area contributed by atoms with Crippen molar-refractivity contribution in [3.63, 3.8) is 0 Å². The second-order valence-electron chi connectivity index (χ2n) is 7.51. The molecule has 1 fully saturated rings. The summed E-state index contributed by atoms with van der Waals surface area (Å²) < 4.78 is 1.11. The number of piperidine rings is 1. The first-order chi connectivity index (χ1) is 10.7. The van der Waals surface area contributed by atoms with E-state index in [4.69, 9.17) is 4.98 Å². The number of nitrogens with zero attached hydrogens (tertiary/aromatic N) is 2. The van der Waals surface area contributed by atoms with E-state index in [9.17, 15) is 0 Å². The van der Waals surface area contributed by atoms with Crippen molar-refractivity contribution in [2.75, 3.05) is 5.32 Å². The van der Waals surface area contributed by atoms with E-state index in [2.05, 4.69) is 65.3 Å². The van der Waals surface area contributed by atoms with Crippen molar-refractivity contribution in [1.29, 1.82) is 0 Å². The van der Waals surface area contributed by atoms with Gasteiger partial charge < -0.3 is 10.6 Å². The number of thiophene rings is 1. The summed E-state index contributed by atoms with van der Waals surface area (Å²) in [7, 11) is 0. The first-order valence-electron chi connectivity index (χ1n) is 7.87. The molecule has 6 heteroatoms. The molecule has 0 aliphatic carbocycles. The van der Waals surface area contributed by atoms with E-state index < -0.39 is 0 Å². The minimum absolute atomic E-state index is 0.107. The smallest absolute Gasteiger partial charge is 0.223 e. The fourth-order valence-corrected chi connectivity index (χ4v) is 4.98. The monoisotopic (exact) mass is 394 g/mol. The molecule has 2 aromatic rings. The maximum absolute atomic E-state index is 4.69. The van der Waals surface area contributed by atoms with E-state index in [1.807, 2.05) is 18.3 Å². The van der Waals surface area contributed by atoms with Crippen molar-refractivity contribution in [3.8, 4) is 10.6 Å². The first kappa shape index (κ1) is 16.9. The Hall–Kier alpha value is -0.980. The molecule has 23 heavy (non-hydrogen) atoms. The van der Waals surface area contributed by atoms with Gasteiger partial charge >= 0.3 is 0 Å². The van der Waals surface area contributed by atoms with Crippen molar-refractivity contribution >= 4 is 33.2 Å². The molecule has 0 spiro atoms. The summed E-state index contributed by atoms with van der Waals surface area (Å²) >= 11 is 5.19. The van der Waals surface area contributed by atoms with E-state index in [-0.39, 0.29) is 11.1 Å². The van der Waals surface area contributed by atoms with Crippen LogP contribution in [0.4, 0.5) is 5.95 Å². The molecule has 0 bridgehead atoms. The number of rotatable bonds is 3. The summed E-state index contributed by atoms with van der Waals surface area (Å²) in [5.74, 6) is 0.713. The van der Waals surface area contributed by atoms with Gasteiger partial charge in [0, 0.05) is 23.3 Å². The van der Waals surface area contributed by atoms with Crippen molar-refractivity contribution in [2.24, 2.45) is 0 Å². The van der Waals surface area contributed by atoms with Crippen molar-refractivity contribution in [2.45, 2.75) is 57.7 Å². The Bertz CT molecular complexity index is 679. The summed E-state index contributed by atoms with van der Waals surface area (Å²) in [4.78, 5) is 10.3. The quantitative estimate of drug-likeness (QED) is 0.792. The Balaban J connectivity index is 1.78. The van der Waals surface area contributed by atoms with Crippen LogP contribution in [-0.4, -0.2) is 27.1 Å². The molecule has 124 valence electrons. The van der Waals surface area contributed by atoms with E-state index in [0.717, 1.165) is 27.2 Å². The first-order valence-corrected chi connectivity index (χ1v) is 9.48. The third-order valence-electron chi connectivity index (χ3n) is 4.00. The summed E-state index contributed by atoms with van der Waals surface area (Å²) in [5, 5.41) is 7.24. The number of hydrogen-bond donors (Lipinski definition) is 2. The molecular weight excluding hydrogens is 372 g/mol. The Labute approximate surface area is 150 Å². The molecular formula is C17H23BrN4S. The minimum atomic E-state index is 0.107. The molecule has 0 amide bonds. The molecule has 0 atom stereocenters. The van der Waals surface area contributed by atoms with Gasteiger partial charge in [0.25, 0.3) is 0 Å². The van der Waals surface area contributed by atoms with Crippen LogP contribution in [0.25, 0.3) is 10.6 Å².